The molecule has 3 aromatic rings. The van der Waals surface area contributed by atoms with Crippen LogP contribution in [0.2, 0.25) is 0 Å². The Morgan fingerprint density at radius 2 is 2.05 bits per heavy atom. The van der Waals surface area contributed by atoms with Gasteiger partial charge in [0, 0.05) is 5.39 Å². The number of furan rings is 1. The molecule has 1 heterocycles. The summed E-state index contributed by atoms with van der Waals surface area (Å²) in [5, 5.41) is 0.765. The zero-order chi connectivity index (χ0) is 14.8. The molecule has 0 amide bonds. The van der Waals surface area contributed by atoms with E-state index in [0.717, 1.165) is 5.39 Å². The zero-order valence-electron chi connectivity index (χ0n) is 11.4. The van der Waals surface area contributed by atoms with Crippen molar-refractivity contribution in [2.45, 2.75) is 6.92 Å². The highest BCUT2D eigenvalue weighted by molar-refractivity contribution is 6.07. The minimum Gasteiger partial charge on any atom is -0.485 e. The molecule has 2 aromatic carbocycles. The lowest BCUT2D eigenvalue weighted by molar-refractivity contribution is 0.0922. The lowest BCUT2D eigenvalue weighted by Gasteiger charge is -2.06. The van der Waals surface area contributed by atoms with Gasteiger partial charge in [0.25, 0.3) is 0 Å². The SMILES string of the molecule is Cc1cc(OCC(=O)c2coc3ccccc23)ccc1F. The predicted octanol–water partition coefficient (Wildman–Crippen LogP) is 4.14. The first-order valence-electron chi connectivity index (χ1n) is 6.53. The molecule has 3 nitrogen and oxygen atoms in total. The third kappa shape index (κ3) is 2.65. The highest BCUT2D eigenvalue weighted by Gasteiger charge is 2.14. The van der Waals surface area contributed by atoms with Gasteiger partial charge >= 0.3 is 0 Å². The standard InChI is InChI=1S/C17H13FO3/c1-11-8-12(6-7-15(11)18)20-10-16(19)14-9-21-17-5-3-2-4-13(14)17/h2-9H,10H2,1H3. The van der Waals surface area contributed by atoms with E-state index in [0.29, 0.717) is 22.5 Å². The Kier molecular flexibility index (Phi) is 3.44. The van der Waals surface area contributed by atoms with Crippen LogP contribution >= 0.6 is 0 Å². The van der Waals surface area contributed by atoms with Gasteiger partial charge in [0.15, 0.2) is 6.61 Å². The van der Waals surface area contributed by atoms with E-state index < -0.39 is 0 Å². The number of carbonyl (C=O) groups excluding carboxylic acids is 1. The number of benzene rings is 2. The lowest BCUT2D eigenvalue weighted by Crippen LogP contribution is -2.11. The average molecular weight is 284 g/mol. The Labute approximate surface area is 120 Å². The second-order valence-electron chi connectivity index (χ2n) is 4.77. The van der Waals surface area contributed by atoms with Crippen LogP contribution in [0.25, 0.3) is 11.0 Å². The maximum Gasteiger partial charge on any atom is 0.204 e. The van der Waals surface area contributed by atoms with Crippen LogP contribution in [0.4, 0.5) is 4.39 Å². The Bertz CT molecular complexity index is 805. The Hall–Kier alpha value is -2.62. The van der Waals surface area contributed by atoms with Gasteiger partial charge in [0.2, 0.25) is 5.78 Å². The van der Waals surface area contributed by atoms with Crippen LogP contribution in [-0.4, -0.2) is 12.4 Å². The van der Waals surface area contributed by atoms with Crippen LogP contribution in [0.5, 0.6) is 5.75 Å². The highest BCUT2D eigenvalue weighted by atomic mass is 19.1. The van der Waals surface area contributed by atoms with Crippen molar-refractivity contribution < 1.29 is 18.3 Å². The van der Waals surface area contributed by atoms with Gasteiger partial charge in [-0.05, 0) is 36.8 Å². The van der Waals surface area contributed by atoms with E-state index in [2.05, 4.69) is 0 Å². The quantitative estimate of drug-likeness (QED) is 0.676. The maximum absolute atomic E-state index is 13.2. The summed E-state index contributed by atoms with van der Waals surface area (Å²) in [6, 6.07) is 11.7. The van der Waals surface area contributed by atoms with E-state index >= 15 is 0 Å². The second-order valence-corrected chi connectivity index (χ2v) is 4.77. The molecule has 0 aliphatic heterocycles. The number of Topliss-reactive ketones (excluding diaryl/α,β-unsaturated/α-hetero) is 1. The van der Waals surface area contributed by atoms with E-state index in [9.17, 15) is 9.18 Å². The minimum absolute atomic E-state index is 0.116. The fraction of sp³-hybridized carbons (Fsp3) is 0.118. The topological polar surface area (TPSA) is 39.4 Å². The highest BCUT2D eigenvalue weighted by Crippen LogP contribution is 2.22. The summed E-state index contributed by atoms with van der Waals surface area (Å²) in [7, 11) is 0. The Balaban J connectivity index is 1.76. The molecule has 0 aliphatic carbocycles. The molecule has 0 fully saturated rings. The summed E-state index contributed by atoms with van der Waals surface area (Å²) in [5.41, 5.74) is 1.64. The molecule has 0 saturated heterocycles. The Morgan fingerprint density at radius 1 is 1.24 bits per heavy atom. The number of para-hydroxylation sites is 1. The fourth-order valence-electron chi connectivity index (χ4n) is 2.13. The number of hydrogen-bond acceptors (Lipinski definition) is 3. The number of carbonyl (C=O) groups is 1. The van der Waals surface area contributed by atoms with Crippen LogP contribution in [0, 0.1) is 12.7 Å². The van der Waals surface area contributed by atoms with E-state index in [1.54, 1.807) is 19.1 Å². The molecule has 3 rings (SSSR count). The van der Waals surface area contributed by atoms with E-state index in [1.165, 1.54) is 18.4 Å². The molecule has 4 heteroatoms. The molecule has 0 radical (unpaired) electrons. The van der Waals surface area contributed by atoms with Gasteiger partial charge in [-0.15, -0.1) is 0 Å². The smallest absolute Gasteiger partial charge is 0.204 e. The number of halogens is 1. The summed E-state index contributed by atoms with van der Waals surface area (Å²) >= 11 is 0. The van der Waals surface area contributed by atoms with Crippen molar-refractivity contribution in [2.24, 2.45) is 0 Å². The summed E-state index contributed by atoms with van der Waals surface area (Å²) in [4.78, 5) is 12.2. The monoisotopic (exact) mass is 284 g/mol. The van der Waals surface area contributed by atoms with Gasteiger partial charge in [-0.1, -0.05) is 18.2 Å². The summed E-state index contributed by atoms with van der Waals surface area (Å²) in [6.07, 6.45) is 1.44. The predicted molar refractivity (Wildman–Crippen MR) is 77.2 cm³/mol. The second kappa shape index (κ2) is 5.40. The van der Waals surface area contributed by atoms with Crippen molar-refractivity contribution in [1.82, 2.24) is 0 Å². The minimum atomic E-state index is -0.297. The van der Waals surface area contributed by atoms with E-state index in [4.69, 9.17) is 9.15 Å². The molecule has 0 N–H and O–H groups in total. The lowest BCUT2D eigenvalue weighted by atomic mass is 10.1. The van der Waals surface area contributed by atoms with Crippen molar-refractivity contribution >= 4 is 16.8 Å². The van der Waals surface area contributed by atoms with Crippen molar-refractivity contribution in [1.29, 1.82) is 0 Å². The van der Waals surface area contributed by atoms with Crippen molar-refractivity contribution in [2.75, 3.05) is 6.61 Å². The molecule has 0 spiro atoms. The third-order valence-electron chi connectivity index (χ3n) is 3.28. The number of hydrogen-bond donors (Lipinski definition) is 0. The molecule has 0 bridgehead atoms. The number of aryl methyl sites for hydroxylation is 1. The first-order chi connectivity index (χ1) is 10.1. The molecule has 0 atom stereocenters. The fourth-order valence-corrected chi connectivity index (χ4v) is 2.13. The van der Waals surface area contributed by atoms with Gasteiger partial charge in [-0.2, -0.15) is 0 Å². The van der Waals surface area contributed by atoms with Crippen LogP contribution in [0.15, 0.2) is 53.1 Å². The zero-order valence-corrected chi connectivity index (χ0v) is 11.4. The number of fused-ring (bicyclic) bond motifs is 1. The molecule has 1 aromatic heterocycles. The average Bonchev–Trinajstić information content (AvgIpc) is 2.92. The van der Waals surface area contributed by atoms with Crippen molar-refractivity contribution in [3.8, 4) is 5.75 Å². The van der Waals surface area contributed by atoms with E-state index in [-0.39, 0.29) is 18.2 Å². The molecular weight excluding hydrogens is 271 g/mol. The van der Waals surface area contributed by atoms with Crippen LogP contribution in [0.3, 0.4) is 0 Å². The van der Waals surface area contributed by atoms with Crippen molar-refractivity contribution in [3.63, 3.8) is 0 Å². The third-order valence-corrected chi connectivity index (χ3v) is 3.28. The molecule has 106 valence electrons. The largest absolute Gasteiger partial charge is 0.485 e. The normalized spacial score (nSPS) is 10.8. The summed E-state index contributed by atoms with van der Waals surface area (Å²) < 4.78 is 23.9. The number of ether oxygens (including phenoxy) is 1. The molecule has 0 aliphatic rings. The van der Waals surface area contributed by atoms with Crippen molar-refractivity contribution in [3.05, 3.63) is 65.7 Å². The Morgan fingerprint density at radius 3 is 2.86 bits per heavy atom. The van der Waals surface area contributed by atoms with Crippen LogP contribution < -0.4 is 4.74 Å². The number of ketones is 1. The first kappa shape index (κ1) is 13.4. The number of rotatable bonds is 4. The molecule has 0 unspecified atom stereocenters. The van der Waals surface area contributed by atoms with Crippen LogP contribution in [-0.2, 0) is 0 Å². The summed E-state index contributed by atoms with van der Waals surface area (Å²) in [5.74, 6) is -0.00789. The maximum atomic E-state index is 13.2. The van der Waals surface area contributed by atoms with Gasteiger partial charge in [0.05, 0.1) is 5.56 Å². The molecular formula is C17H13FO3. The van der Waals surface area contributed by atoms with Crippen LogP contribution in [0.1, 0.15) is 15.9 Å². The van der Waals surface area contributed by atoms with Gasteiger partial charge in [-0.3, -0.25) is 4.79 Å². The molecule has 0 saturated carbocycles. The van der Waals surface area contributed by atoms with Gasteiger partial charge in [-0.25, -0.2) is 4.39 Å². The van der Waals surface area contributed by atoms with Gasteiger partial charge in [0.1, 0.15) is 23.4 Å². The summed E-state index contributed by atoms with van der Waals surface area (Å²) in [6.45, 7) is 1.53. The van der Waals surface area contributed by atoms with Gasteiger partial charge < -0.3 is 9.15 Å². The first-order valence-corrected chi connectivity index (χ1v) is 6.53. The van der Waals surface area contributed by atoms with E-state index in [1.807, 2.05) is 18.2 Å². The molecule has 21 heavy (non-hydrogen) atoms.